The number of aliphatic hydroxyl groups is 1. The van der Waals surface area contributed by atoms with Crippen LogP contribution in [-0.4, -0.2) is 17.0 Å². The molecule has 4 heteroatoms. The van der Waals surface area contributed by atoms with Gasteiger partial charge in [0.05, 0.1) is 0 Å². The lowest BCUT2D eigenvalue weighted by molar-refractivity contribution is 0.0418. The summed E-state index contributed by atoms with van der Waals surface area (Å²) in [5.74, 6) is -0.246. The van der Waals surface area contributed by atoms with E-state index in [0.717, 1.165) is 5.39 Å². The van der Waals surface area contributed by atoms with Gasteiger partial charge in [-0.15, -0.1) is 0 Å². The van der Waals surface area contributed by atoms with Gasteiger partial charge in [-0.05, 0) is 29.7 Å². The molecule has 96 valence electrons. The highest BCUT2D eigenvalue weighted by Gasteiger charge is 2.31. The summed E-state index contributed by atoms with van der Waals surface area (Å²) in [7, 11) is 0. The quantitative estimate of drug-likeness (QED) is 0.844. The van der Waals surface area contributed by atoms with E-state index in [0.29, 0.717) is 10.6 Å². The molecule has 0 aliphatic rings. The van der Waals surface area contributed by atoms with Crippen LogP contribution in [0.5, 0.6) is 0 Å². The summed E-state index contributed by atoms with van der Waals surface area (Å²) in [5, 5.41) is 11.3. The normalized spacial score (nSPS) is 13.8. The molecule has 1 aromatic carbocycles. The Morgan fingerprint density at radius 1 is 1.33 bits per heavy atom. The monoisotopic (exact) mass is 266 g/mol. The van der Waals surface area contributed by atoms with Crippen LogP contribution < -0.4 is 0 Å². The maximum absolute atomic E-state index is 12.1. The summed E-state index contributed by atoms with van der Waals surface area (Å²) in [6.07, 6.45) is -1.09. The lowest BCUT2D eigenvalue weighted by atomic mass is 9.86. The summed E-state index contributed by atoms with van der Waals surface area (Å²) < 4.78 is 5.43. The van der Waals surface area contributed by atoms with Crippen molar-refractivity contribution in [1.29, 1.82) is 0 Å². The summed E-state index contributed by atoms with van der Waals surface area (Å²) in [6, 6.07) is 6.74. The first-order valence-electron chi connectivity index (χ1n) is 5.70. The molecule has 0 aliphatic heterocycles. The SMILES string of the molecule is CC(C)(C)C(O)C(=O)c1cc2cc(Cl)ccc2o1. The number of fused-ring (bicyclic) bond motifs is 1. The van der Waals surface area contributed by atoms with E-state index in [1.807, 2.05) is 0 Å². The molecule has 0 bridgehead atoms. The molecule has 2 aromatic rings. The highest BCUT2D eigenvalue weighted by atomic mass is 35.5. The number of furan rings is 1. The zero-order valence-electron chi connectivity index (χ0n) is 10.5. The van der Waals surface area contributed by atoms with Crippen molar-refractivity contribution in [2.24, 2.45) is 5.41 Å². The van der Waals surface area contributed by atoms with Gasteiger partial charge in [-0.3, -0.25) is 4.79 Å². The van der Waals surface area contributed by atoms with E-state index in [1.54, 1.807) is 45.0 Å². The topological polar surface area (TPSA) is 50.4 Å². The number of aliphatic hydroxyl groups excluding tert-OH is 1. The van der Waals surface area contributed by atoms with Crippen LogP contribution in [0.15, 0.2) is 28.7 Å². The number of rotatable bonds is 2. The Hall–Kier alpha value is -1.32. The highest BCUT2D eigenvalue weighted by Crippen LogP contribution is 2.27. The van der Waals surface area contributed by atoms with Crippen molar-refractivity contribution >= 4 is 28.4 Å². The van der Waals surface area contributed by atoms with Crippen molar-refractivity contribution in [3.63, 3.8) is 0 Å². The predicted molar refractivity (Wildman–Crippen MR) is 71.0 cm³/mol. The Labute approximate surface area is 110 Å². The smallest absolute Gasteiger partial charge is 0.226 e. The fraction of sp³-hybridized carbons (Fsp3) is 0.357. The van der Waals surface area contributed by atoms with Gasteiger partial charge >= 0.3 is 0 Å². The maximum Gasteiger partial charge on any atom is 0.226 e. The molecule has 0 saturated carbocycles. The van der Waals surface area contributed by atoms with Crippen molar-refractivity contribution in [2.75, 3.05) is 0 Å². The van der Waals surface area contributed by atoms with E-state index in [2.05, 4.69) is 0 Å². The first-order chi connectivity index (χ1) is 8.29. The van der Waals surface area contributed by atoms with Crippen molar-refractivity contribution < 1.29 is 14.3 Å². The molecule has 1 aromatic heterocycles. The molecule has 3 nitrogen and oxygen atoms in total. The Balaban J connectivity index is 2.40. The third-order valence-corrected chi connectivity index (χ3v) is 3.02. The molecule has 2 rings (SSSR count). The predicted octanol–water partition coefficient (Wildman–Crippen LogP) is 3.68. The molecular formula is C14H15ClO3. The lowest BCUT2D eigenvalue weighted by Gasteiger charge is -2.23. The Morgan fingerprint density at radius 2 is 2.00 bits per heavy atom. The summed E-state index contributed by atoms with van der Waals surface area (Å²) in [5.41, 5.74) is 0.0668. The van der Waals surface area contributed by atoms with Crippen molar-refractivity contribution in [3.05, 3.63) is 35.0 Å². The first-order valence-corrected chi connectivity index (χ1v) is 6.08. The second-order valence-electron chi connectivity index (χ2n) is 5.43. The van der Waals surface area contributed by atoms with Gasteiger partial charge in [0.1, 0.15) is 11.7 Å². The van der Waals surface area contributed by atoms with Crippen LogP contribution >= 0.6 is 11.6 Å². The number of benzene rings is 1. The average molecular weight is 267 g/mol. The third kappa shape index (κ3) is 2.42. The van der Waals surface area contributed by atoms with E-state index in [1.165, 1.54) is 0 Å². The van der Waals surface area contributed by atoms with E-state index < -0.39 is 17.3 Å². The van der Waals surface area contributed by atoms with Crippen molar-refractivity contribution in [3.8, 4) is 0 Å². The minimum Gasteiger partial charge on any atom is -0.453 e. The Kier molecular flexibility index (Phi) is 3.21. The van der Waals surface area contributed by atoms with Gasteiger partial charge in [-0.25, -0.2) is 0 Å². The van der Waals surface area contributed by atoms with Gasteiger partial charge in [0.15, 0.2) is 5.76 Å². The van der Waals surface area contributed by atoms with Gasteiger partial charge in [0.2, 0.25) is 5.78 Å². The molecule has 0 aliphatic carbocycles. The molecule has 18 heavy (non-hydrogen) atoms. The first kappa shape index (κ1) is 13.1. The third-order valence-electron chi connectivity index (χ3n) is 2.79. The summed E-state index contributed by atoms with van der Waals surface area (Å²) in [6.45, 7) is 5.40. The number of ketones is 1. The minimum atomic E-state index is -1.09. The lowest BCUT2D eigenvalue weighted by Crippen LogP contribution is -2.33. The van der Waals surface area contributed by atoms with E-state index in [-0.39, 0.29) is 5.76 Å². The van der Waals surface area contributed by atoms with E-state index in [4.69, 9.17) is 16.0 Å². The molecule has 1 N–H and O–H groups in total. The molecule has 0 radical (unpaired) electrons. The second-order valence-corrected chi connectivity index (χ2v) is 5.86. The molecule has 0 fully saturated rings. The Morgan fingerprint density at radius 3 is 2.61 bits per heavy atom. The standard InChI is InChI=1S/C14H15ClO3/c1-14(2,3)13(17)12(16)11-7-8-6-9(15)4-5-10(8)18-11/h4-7,13,17H,1-3H3. The van der Waals surface area contributed by atoms with Crippen LogP contribution in [0.1, 0.15) is 31.3 Å². The van der Waals surface area contributed by atoms with E-state index in [9.17, 15) is 9.90 Å². The van der Waals surface area contributed by atoms with Crippen LogP contribution in [-0.2, 0) is 0 Å². The molecule has 1 unspecified atom stereocenters. The average Bonchev–Trinajstić information content (AvgIpc) is 2.68. The molecule has 0 saturated heterocycles. The highest BCUT2D eigenvalue weighted by molar-refractivity contribution is 6.31. The number of carbonyl (C=O) groups excluding carboxylic acids is 1. The van der Waals surface area contributed by atoms with Gasteiger partial charge in [0.25, 0.3) is 0 Å². The van der Waals surface area contributed by atoms with E-state index >= 15 is 0 Å². The van der Waals surface area contributed by atoms with Gasteiger partial charge in [-0.2, -0.15) is 0 Å². The van der Waals surface area contributed by atoms with Crippen molar-refractivity contribution in [1.82, 2.24) is 0 Å². The van der Waals surface area contributed by atoms with Crippen LogP contribution in [0.25, 0.3) is 11.0 Å². The fourth-order valence-corrected chi connectivity index (χ4v) is 1.84. The molecule has 0 spiro atoms. The van der Waals surface area contributed by atoms with Crippen LogP contribution in [0.3, 0.4) is 0 Å². The minimum absolute atomic E-state index is 0.162. The summed E-state index contributed by atoms with van der Waals surface area (Å²) >= 11 is 5.87. The van der Waals surface area contributed by atoms with Crippen LogP contribution in [0, 0.1) is 5.41 Å². The van der Waals surface area contributed by atoms with Crippen molar-refractivity contribution in [2.45, 2.75) is 26.9 Å². The Bertz CT molecular complexity index is 593. The molecule has 1 atom stereocenters. The van der Waals surface area contributed by atoms with Gasteiger partial charge in [0, 0.05) is 10.4 Å². The summed E-state index contributed by atoms with van der Waals surface area (Å²) in [4.78, 5) is 12.1. The molecular weight excluding hydrogens is 252 g/mol. The number of hydrogen-bond acceptors (Lipinski definition) is 3. The second kappa shape index (κ2) is 4.41. The number of hydrogen-bond donors (Lipinski definition) is 1. The zero-order valence-corrected chi connectivity index (χ0v) is 11.3. The number of halogens is 1. The maximum atomic E-state index is 12.1. The zero-order chi connectivity index (χ0) is 13.5. The number of Topliss-reactive ketones (excluding diaryl/α,β-unsaturated/α-hetero) is 1. The van der Waals surface area contributed by atoms with Crippen LogP contribution in [0.4, 0.5) is 0 Å². The fourth-order valence-electron chi connectivity index (χ4n) is 1.66. The van der Waals surface area contributed by atoms with Crippen LogP contribution in [0.2, 0.25) is 5.02 Å². The van der Waals surface area contributed by atoms with Gasteiger partial charge < -0.3 is 9.52 Å². The largest absolute Gasteiger partial charge is 0.453 e. The molecule has 1 heterocycles. The molecule has 0 amide bonds. The number of carbonyl (C=O) groups is 1. The van der Waals surface area contributed by atoms with Gasteiger partial charge in [-0.1, -0.05) is 32.4 Å².